The molecule has 3 heterocycles. The zero-order chi connectivity index (χ0) is 17.4. The number of aryl methyl sites for hydroxylation is 2. The zero-order valence-corrected chi connectivity index (χ0v) is 15.4. The first-order chi connectivity index (χ1) is 12.1. The number of hydrogen-bond acceptors (Lipinski definition) is 5. The summed E-state index contributed by atoms with van der Waals surface area (Å²) in [7, 11) is 0. The summed E-state index contributed by atoms with van der Waals surface area (Å²) in [6.07, 6.45) is 0.678. The van der Waals surface area contributed by atoms with Crippen molar-refractivity contribution in [3.63, 3.8) is 0 Å². The van der Waals surface area contributed by atoms with Crippen molar-refractivity contribution in [2.24, 2.45) is 0 Å². The molecule has 0 spiro atoms. The molecule has 0 bridgehead atoms. The number of pyridine rings is 1. The van der Waals surface area contributed by atoms with Gasteiger partial charge in [-0.1, -0.05) is 35.9 Å². The van der Waals surface area contributed by atoms with E-state index in [1.54, 1.807) is 16.8 Å². The average Bonchev–Trinajstić information content (AvgIpc) is 3.08. The van der Waals surface area contributed by atoms with Crippen LogP contribution < -0.4 is 0 Å². The minimum Gasteiger partial charge on any atom is -0.249 e. The van der Waals surface area contributed by atoms with E-state index in [4.69, 9.17) is 16.6 Å². The molecule has 0 aliphatic carbocycles. The largest absolute Gasteiger partial charge is 0.249 e. The summed E-state index contributed by atoms with van der Waals surface area (Å²) in [5, 5.41) is 0.755. The van der Waals surface area contributed by atoms with Gasteiger partial charge in [0.25, 0.3) is 0 Å². The van der Waals surface area contributed by atoms with Gasteiger partial charge in [0.2, 0.25) is 0 Å². The summed E-state index contributed by atoms with van der Waals surface area (Å²) >= 11 is 7.85. The fourth-order valence-electron chi connectivity index (χ4n) is 2.71. The number of thiazole rings is 1. The highest BCUT2D eigenvalue weighted by atomic mass is 35.5. The van der Waals surface area contributed by atoms with Gasteiger partial charge >= 0.3 is 0 Å². The molecule has 0 amide bonds. The van der Waals surface area contributed by atoms with Gasteiger partial charge in [0.15, 0.2) is 11.5 Å². The molecule has 4 rings (SSSR count). The van der Waals surface area contributed by atoms with Crippen LogP contribution in [0.3, 0.4) is 0 Å². The second-order valence-corrected chi connectivity index (χ2v) is 7.13. The molecule has 0 saturated heterocycles. The molecule has 6 heteroatoms. The van der Waals surface area contributed by atoms with Crippen molar-refractivity contribution in [3.8, 4) is 11.5 Å². The van der Waals surface area contributed by atoms with Gasteiger partial charge < -0.3 is 0 Å². The Morgan fingerprint density at radius 1 is 1.00 bits per heavy atom. The minimum atomic E-state index is 0.608. The van der Waals surface area contributed by atoms with E-state index >= 15 is 0 Å². The van der Waals surface area contributed by atoms with Gasteiger partial charge in [0, 0.05) is 17.1 Å². The number of hydrogen-bond donors (Lipinski definition) is 0. The number of benzene rings is 1. The summed E-state index contributed by atoms with van der Waals surface area (Å²) < 4.78 is 1.02. The smallest absolute Gasteiger partial charge is 0.180 e. The molecule has 0 saturated carbocycles. The Bertz CT molecular complexity index is 1070. The predicted molar refractivity (Wildman–Crippen MR) is 102 cm³/mol. The normalized spacial score (nSPS) is 11.2. The maximum absolute atomic E-state index is 6.30. The second-order valence-electron chi connectivity index (χ2n) is 5.87. The molecular formula is C19H15ClN4S. The van der Waals surface area contributed by atoms with Gasteiger partial charge in [-0.15, -0.1) is 11.3 Å². The Labute approximate surface area is 154 Å². The second kappa shape index (κ2) is 6.50. The van der Waals surface area contributed by atoms with Crippen molar-refractivity contribution in [1.82, 2.24) is 19.9 Å². The number of rotatable bonds is 3. The Kier molecular flexibility index (Phi) is 4.19. The first-order valence-corrected chi connectivity index (χ1v) is 9.16. The highest BCUT2D eigenvalue weighted by Gasteiger charge is 2.12. The molecule has 124 valence electrons. The third kappa shape index (κ3) is 3.13. The van der Waals surface area contributed by atoms with Gasteiger partial charge in [0.05, 0.1) is 15.9 Å². The van der Waals surface area contributed by atoms with Crippen LogP contribution in [-0.4, -0.2) is 19.9 Å². The van der Waals surface area contributed by atoms with Crippen LogP contribution in [0.25, 0.3) is 21.9 Å². The fourth-order valence-corrected chi connectivity index (χ4v) is 3.59. The molecule has 4 nitrogen and oxygen atoms in total. The molecule has 0 radical (unpaired) electrons. The van der Waals surface area contributed by atoms with E-state index in [0.29, 0.717) is 12.2 Å². The predicted octanol–water partition coefficient (Wildman–Crippen LogP) is 5.01. The maximum Gasteiger partial charge on any atom is 0.180 e. The Balaban J connectivity index is 1.77. The van der Waals surface area contributed by atoms with Crippen LogP contribution in [0.1, 0.15) is 22.5 Å². The van der Waals surface area contributed by atoms with E-state index < -0.39 is 0 Å². The molecule has 0 atom stereocenters. The first-order valence-electron chi connectivity index (χ1n) is 7.90. The molecule has 3 aromatic heterocycles. The first kappa shape index (κ1) is 16.1. The van der Waals surface area contributed by atoms with E-state index in [9.17, 15) is 0 Å². The highest BCUT2D eigenvalue weighted by molar-refractivity contribution is 7.16. The van der Waals surface area contributed by atoms with Crippen molar-refractivity contribution < 1.29 is 0 Å². The molecule has 25 heavy (non-hydrogen) atoms. The van der Waals surface area contributed by atoms with Crippen LogP contribution in [0.4, 0.5) is 0 Å². The number of halogens is 1. The van der Waals surface area contributed by atoms with Crippen LogP contribution >= 0.6 is 22.9 Å². The number of fused-ring (bicyclic) bond motifs is 1. The number of aromatic nitrogens is 4. The van der Waals surface area contributed by atoms with Gasteiger partial charge in [-0.25, -0.2) is 19.9 Å². The summed E-state index contributed by atoms with van der Waals surface area (Å²) in [6, 6.07) is 11.9. The summed E-state index contributed by atoms with van der Waals surface area (Å²) in [4.78, 5) is 18.3. The Morgan fingerprint density at radius 2 is 1.84 bits per heavy atom. The topological polar surface area (TPSA) is 51.6 Å². The van der Waals surface area contributed by atoms with Crippen molar-refractivity contribution in [3.05, 3.63) is 69.4 Å². The molecule has 0 aliphatic heterocycles. The van der Waals surface area contributed by atoms with Crippen LogP contribution in [0.5, 0.6) is 0 Å². The lowest BCUT2D eigenvalue weighted by Gasteiger charge is -2.09. The van der Waals surface area contributed by atoms with Gasteiger partial charge in [0.1, 0.15) is 5.69 Å². The van der Waals surface area contributed by atoms with Crippen LogP contribution in [0.15, 0.2) is 41.9 Å². The Hall–Kier alpha value is -2.37. The monoisotopic (exact) mass is 366 g/mol. The third-order valence-corrected chi connectivity index (χ3v) is 5.40. The molecule has 0 aliphatic rings. The Morgan fingerprint density at radius 3 is 2.68 bits per heavy atom. The highest BCUT2D eigenvalue weighted by Crippen LogP contribution is 2.25. The van der Waals surface area contributed by atoms with Crippen molar-refractivity contribution in [2.45, 2.75) is 20.3 Å². The SMILES string of the molecule is Cc1ccc(-c2nc(C)c3scnc3n2)nc1Cc1ccccc1Cl. The van der Waals surface area contributed by atoms with E-state index in [1.807, 2.05) is 37.3 Å². The molecule has 4 aromatic rings. The lowest BCUT2D eigenvalue weighted by Crippen LogP contribution is -2.01. The summed E-state index contributed by atoms with van der Waals surface area (Å²) in [6.45, 7) is 4.03. The van der Waals surface area contributed by atoms with E-state index in [2.05, 4.69) is 27.9 Å². The lowest BCUT2D eigenvalue weighted by molar-refractivity contribution is 1.03. The molecule has 0 fully saturated rings. The lowest BCUT2D eigenvalue weighted by atomic mass is 10.1. The summed E-state index contributed by atoms with van der Waals surface area (Å²) in [5.41, 5.74) is 7.36. The van der Waals surface area contributed by atoms with E-state index in [1.165, 1.54) is 0 Å². The van der Waals surface area contributed by atoms with Crippen LogP contribution in [-0.2, 0) is 6.42 Å². The van der Waals surface area contributed by atoms with Crippen molar-refractivity contribution >= 4 is 33.3 Å². The number of nitrogens with zero attached hydrogens (tertiary/aromatic N) is 4. The zero-order valence-electron chi connectivity index (χ0n) is 13.8. The molecule has 0 unspecified atom stereocenters. The summed E-state index contributed by atoms with van der Waals surface area (Å²) in [5.74, 6) is 0.608. The third-order valence-electron chi connectivity index (χ3n) is 4.11. The van der Waals surface area contributed by atoms with E-state index in [0.717, 1.165) is 43.6 Å². The standard InChI is InChI=1S/C19H15ClN4S/c1-11-7-8-15(18-22-12(2)17-19(24-18)21-10-25-17)23-16(11)9-13-5-3-4-6-14(13)20/h3-8,10H,9H2,1-2H3. The minimum absolute atomic E-state index is 0.608. The fraction of sp³-hybridized carbons (Fsp3) is 0.158. The molecule has 0 N–H and O–H groups in total. The van der Waals surface area contributed by atoms with Crippen molar-refractivity contribution in [1.29, 1.82) is 0 Å². The molecular weight excluding hydrogens is 352 g/mol. The average molecular weight is 367 g/mol. The maximum atomic E-state index is 6.30. The van der Waals surface area contributed by atoms with Gasteiger partial charge in [-0.05, 0) is 37.1 Å². The van der Waals surface area contributed by atoms with Crippen LogP contribution in [0.2, 0.25) is 5.02 Å². The van der Waals surface area contributed by atoms with Gasteiger partial charge in [-0.2, -0.15) is 0 Å². The molecule has 1 aromatic carbocycles. The van der Waals surface area contributed by atoms with Crippen LogP contribution in [0, 0.1) is 13.8 Å². The van der Waals surface area contributed by atoms with E-state index in [-0.39, 0.29) is 0 Å². The van der Waals surface area contributed by atoms with Gasteiger partial charge in [-0.3, -0.25) is 0 Å². The quantitative estimate of drug-likeness (QED) is 0.511. The van der Waals surface area contributed by atoms with Crippen molar-refractivity contribution in [2.75, 3.05) is 0 Å².